The number of hydrogen-bond acceptors (Lipinski definition) is 5. The van der Waals surface area contributed by atoms with Gasteiger partial charge in [-0.2, -0.15) is 13.2 Å². The van der Waals surface area contributed by atoms with Crippen LogP contribution in [0.1, 0.15) is 39.2 Å². The molecule has 0 heterocycles. The lowest BCUT2D eigenvalue weighted by Gasteiger charge is -2.24. The van der Waals surface area contributed by atoms with Crippen LogP contribution in [0, 0.1) is 10.1 Å². The summed E-state index contributed by atoms with van der Waals surface area (Å²) in [6.45, 7) is 5.01. The van der Waals surface area contributed by atoms with Gasteiger partial charge in [0.25, 0.3) is 0 Å². The number of nitro benzene ring substituents is 1. The maximum atomic E-state index is 13.4. The molecule has 0 radical (unpaired) electrons. The molecule has 1 aromatic rings. The van der Waals surface area contributed by atoms with Crippen molar-refractivity contribution in [1.29, 1.82) is 0 Å². The standard InChI is InChI=1S/C16H20F3N3O4/c1-15(2,3)20-14(23)26-13-8-11(21(4)9-5-6-9)10(16(17,18)19)7-12(13)22(24)25/h7-9H,5-6H2,1-4H3,(H,20,23). The van der Waals surface area contributed by atoms with E-state index in [1.165, 1.54) is 11.9 Å². The molecular formula is C16H20F3N3O4. The highest BCUT2D eigenvalue weighted by Gasteiger charge is 2.40. The molecule has 1 amide bonds. The molecule has 10 heteroatoms. The molecule has 7 nitrogen and oxygen atoms in total. The SMILES string of the molecule is CN(c1cc(OC(=O)NC(C)(C)C)c([N+](=O)[O-])cc1C(F)(F)F)C1CC1. The van der Waals surface area contributed by atoms with Crippen molar-refractivity contribution in [3.63, 3.8) is 0 Å². The molecule has 1 aliphatic rings. The van der Waals surface area contributed by atoms with Crippen molar-refractivity contribution < 1.29 is 27.6 Å². The quantitative estimate of drug-likeness (QED) is 0.633. The van der Waals surface area contributed by atoms with Gasteiger partial charge in [0.15, 0.2) is 0 Å². The van der Waals surface area contributed by atoms with Crippen molar-refractivity contribution in [3.05, 3.63) is 27.8 Å². The fraction of sp³-hybridized carbons (Fsp3) is 0.562. The summed E-state index contributed by atoms with van der Waals surface area (Å²) in [5.74, 6) is -0.535. The Morgan fingerprint density at radius 1 is 1.31 bits per heavy atom. The molecule has 2 rings (SSSR count). The molecule has 0 atom stereocenters. The molecular weight excluding hydrogens is 355 g/mol. The Balaban J connectivity index is 2.50. The van der Waals surface area contributed by atoms with E-state index in [1.54, 1.807) is 20.8 Å². The Morgan fingerprint density at radius 3 is 2.31 bits per heavy atom. The normalized spacial score (nSPS) is 14.7. The average molecular weight is 375 g/mol. The number of ether oxygens (including phenoxy) is 1. The van der Waals surface area contributed by atoms with Crippen LogP contribution in [0.5, 0.6) is 5.75 Å². The summed E-state index contributed by atoms with van der Waals surface area (Å²) >= 11 is 0. The monoisotopic (exact) mass is 375 g/mol. The highest BCUT2D eigenvalue weighted by atomic mass is 19.4. The van der Waals surface area contributed by atoms with Crippen molar-refractivity contribution in [1.82, 2.24) is 5.32 Å². The summed E-state index contributed by atoms with van der Waals surface area (Å²) in [7, 11) is 1.48. The van der Waals surface area contributed by atoms with Gasteiger partial charge in [-0.15, -0.1) is 0 Å². The van der Waals surface area contributed by atoms with Crippen molar-refractivity contribution >= 4 is 17.5 Å². The van der Waals surface area contributed by atoms with Gasteiger partial charge in [0.05, 0.1) is 16.2 Å². The lowest BCUT2D eigenvalue weighted by molar-refractivity contribution is -0.385. The van der Waals surface area contributed by atoms with E-state index in [-0.39, 0.29) is 11.7 Å². The number of nitrogens with zero attached hydrogens (tertiary/aromatic N) is 2. The van der Waals surface area contributed by atoms with Gasteiger partial charge in [0, 0.05) is 30.8 Å². The molecule has 1 aromatic carbocycles. The molecule has 26 heavy (non-hydrogen) atoms. The number of hydrogen-bond donors (Lipinski definition) is 1. The maximum Gasteiger partial charge on any atom is 0.418 e. The summed E-state index contributed by atoms with van der Waals surface area (Å²) < 4.78 is 45.1. The third kappa shape index (κ3) is 4.77. The number of carbonyl (C=O) groups excluding carboxylic acids is 1. The van der Waals surface area contributed by atoms with Crippen LogP contribution in [0.25, 0.3) is 0 Å². The van der Waals surface area contributed by atoms with E-state index in [1.807, 2.05) is 0 Å². The predicted octanol–water partition coefficient (Wildman–Crippen LogP) is 4.10. The van der Waals surface area contributed by atoms with Crippen molar-refractivity contribution in [3.8, 4) is 5.75 Å². The Kier molecular flexibility index (Phi) is 5.07. The highest BCUT2D eigenvalue weighted by Crippen LogP contribution is 2.45. The zero-order valence-corrected chi connectivity index (χ0v) is 14.8. The topological polar surface area (TPSA) is 84.7 Å². The second-order valence-corrected chi connectivity index (χ2v) is 7.20. The van der Waals surface area contributed by atoms with Gasteiger partial charge < -0.3 is 15.0 Å². The number of benzene rings is 1. The van der Waals surface area contributed by atoms with Crippen LogP contribution >= 0.6 is 0 Å². The number of halogens is 3. The smallest absolute Gasteiger partial charge is 0.403 e. The molecule has 0 aliphatic heterocycles. The molecule has 0 spiro atoms. The largest absolute Gasteiger partial charge is 0.418 e. The number of nitro groups is 1. The first-order valence-electron chi connectivity index (χ1n) is 7.92. The average Bonchev–Trinajstić information content (AvgIpc) is 3.26. The Bertz CT molecular complexity index is 725. The van der Waals surface area contributed by atoms with E-state index in [0.29, 0.717) is 6.07 Å². The van der Waals surface area contributed by atoms with Crippen molar-refractivity contribution in [2.24, 2.45) is 0 Å². The molecule has 144 valence electrons. The first-order valence-corrected chi connectivity index (χ1v) is 7.92. The van der Waals surface area contributed by atoms with Crippen LogP contribution in [0.2, 0.25) is 0 Å². The minimum absolute atomic E-state index is 0.0752. The Labute approximate surface area is 148 Å². The van der Waals surface area contributed by atoms with Crippen LogP contribution in [-0.2, 0) is 6.18 Å². The second-order valence-electron chi connectivity index (χ2n) is 7.20. The summed E-state index contributed by atoms with van der Waals surface area (Å²) in [4.78, 5) is 23.5. The molecule has 0 bridgehead atoms. The van der Waals surface area contributed by atoms with Crippen LogP contribution < -0.4 is 15.0 Å². The number of nitrogens with one attached hydrogen (secondary N) is 1. The minimum atomic E-state index is -4.78. The van der Waals surface area contributed by atoms with Gasteiger partial charge in [0.2, 0.25) is 5.75 Å². The van der Waals surface area contributed by atoms with Crippen molar-refractivity contribution in [2.45, 2.75) is 51.4 Å². The van der Waals surface area contributed by atoms with Gasteiger partial charge in [-0.3, -0.25) is 10.1 Å². The van der Waals surface area contributed by atoms with E-state index in [4.69, 9.17) is 4.74 Å². The van der Waals surface area contributed by atoms with Crippen LogP contribution in [-0.4, -0.2) is 29.6 Å². The highest BCUT2D eigenvalue weighted by molar-refractivity contribution is 5.75. The van der Waals surface area contributed by atoms with E-state index in [0.717, 1.165) is 18.9 Å². The first-order chi connectivity index (χ1) is 11.8. The summed E-state index contributed by atoms with van der Waals surface area (Å²) in [5, 5.41) is 13.7. The van der Waals surface area contributed by atoms with E-state index < -0.39 is 39.7 Å². The first kappa shape index (κ1) is 19.8. The minimum Gasteiger partial charge on any atom is -0.403 e. The number of anilines is 1. The number of amides is 1. The number of alkyl halides is 3. The molecule has 0 saturated heterocycles. The fourth-order valence-electron chi connectivity index (χ4n) is 2.39. The van der Waals surface area contributed by atoms with Gasteiger partial charge in [-0.25, -0.2) is 4.79 Å². The second kappa shape index (κ2) is 6.65. The Morgan fingerprint density at radius 2 is 1.88 bits per heavy atom. The van der Waals surface area contributed by atoms with Gasteiger partial charge in [-0.1, -0.05) is 0 Å². The van der Waals surface area contributed by atoms with Gasteiger partial charge >= 0.3 is 18.0 Å². The zero-order valence-electron chi connectivity index (χ0n) is 14.8. The summed E-state index contributed by atoms with van der Waals surface area (Å²) in [6, 6.07) is 1.24. The van der Waals surface area contributed by atoms with Crippen molar-refractivity contribution in [2.75, 3.05) is 11.9 Å². The lowest BCUT2D eigenvalue weighted by Crippen LogP contribution is -2.42. The van der Waals surface area contributed by atoms with E-state index >= 15 is 0 Å². The van der Waals surface area contributed by atoms with Crippen LogP contribution in [0.4, 0.5) is 29.3 Å². The molecule has 1 aliphatic carbocycles. The zero-order chi connectivity index (χ0) is 19.9. The number of rotatable bonds is 4. The van der Waals surface area contributed by atoms with Crippen LogP contribution in [0.15, 0.2) is 12.1 Å². The predicted molar refractivity (Wildman–Crippen MR) is 88.4 cm³/mol. The number of carbonyl (C=O) groups is 1. The third-order valence-electron chi connectivity index (χ3n) is 3.73. The fourth-order valence-corrected chi connectivity index (χ4v) is 2.39. The lowest BCUT2D eigenvalue weighted by atomic mass is 10.1. The molecule has 1 saturated carbocycles. The molecule has 1 fully saturated rings. The third-order valence-corrected chi connectivity index (χ3v) is 3.73. The maximum absolute atomic E-state index is 13.4. The Hall–Kier alpha value is -2.52. The van der Waals surface area contributed by atoms with Gasteiger partial charge in [-0.05, 0) is 33.6 Å². The van der Waals surface area contributed by atoms with Crippen LogP contribution in [0.3, 0.4) is 0 Å². The summed E-state index contributed by atoms with van der Waals surface area (Å²) in [6.07, 6.45) is -4.31. The summed E-state index contributed by atoms with van der Waals surface area (Å²) in [5.41, 5.74) is -2.99. The van der Waals surface area contributed by atoms with Gasteiger partial charge in [0.1, 0.15) is 0 Å². The van der Waals surface area contributed by atoms with E-state index in [9.17, 15) is 28.1 Å². The molecule has 0 unspecified atom stereocenters. The molecule has 0 aromatic heterocycles. The molecule has 1 N–H and O–H groups in total. The van der Waals surface area contributed by atoms with E-state index in [2.05, 4.69) is 5.32 Å².